The maximum Gasteiger partial charge on any atom is 0.375 e. The zero-order chi connectivity index (χ0) is 7.28. The number of ether oxygens (including phenoxy) is 1. The van der Waals surface area contributed by atoms with E-state index in [1.165, 1.54) is 13.3 Å². The van der Waals surface area contributed by atoms with Gasteiger partial charge in [0.05, 0.1) is 7.11 Å². The van der Waals surface area contributed by atoms with Crippen LogP contribution in [0, 0.1) is 0 Å². The number of hydrogen-bond acceptors (Lipinski definition) is 2. The average molecular weight is 131 g/mol. The molecular weight excluding hydrogens is 121 g/mol. The Morgan fingerprint density at radius 2 is 2.11 bits per heavy atom. The van der Waals surface area contributed by atoms with E-state index in [1.807, 2.05) is 13.8 Å². The van der Waals surface area contributed by atoms with Crippen molar-refractivity contribution in [1.82, 2.24) is 0 Å². The van der Waals surface area contributed by atoms with Gasteiger partial charge in [-0.15, -0.1) is 4.39 Å². The topological polar surface area (TPSA) is 21.6 Å². The Balaban J connectivity index is 3.83. The van der Waals surface area contributed by atoms with Gasteiger partial charge < -0.3 is 4.74 Å². The highest BCUT2D eigenvalue weighted by Gasteiger charge is 1.86. The van der Waals surface area contributed by atoms with Crippen LogP contribution in [0.4, 0.5) is 4.39 Å². The van der Waals surface area contributed by atoms with Gasteiger partial charge in [-0.2, -0.15) is 4.99 Å². The van der Waals surface area contributed by atoms with E-state index in [1.54, 1.807) is 0 Å². The van der Waals surface area contributed by atoms with E-state index in [9.17, 15) is 4.39 Å². The Morgan fingerprint density at radius 3 is 2.44 bits per heavy atom. The van der Waals surface area contributed by atoms with E-state index < -0.39 is 6.15 Å². The Hall–Kier alpha value is -0.860. The number of hydrogen-bond donors (Lipinski definition) is 0. The Labute approximate surface area is 54.0 Å². The maximum atomic E-state index is 12.0. The van der Waals surface area contributed by atoms with Gasteiger partial charge in [-0.05, 0) is 13.8 Å². The summed E-state index contributed by atoms with van der Waals surface area (Å²) >= 11 is 0. The second-order valence-corrected chi connectivity index (χ2v) is 1.79. The lowest BCUT2D eigenvalue weighted by Gasteiger charge is -1.88. The highest BCUT2D eigenvalue weighted by Crippen LogP contribution is 1.90. The average Bonchev–Trinajstić information content (AvgIpc) is 1.83. The third-order valence-electron chi connectivity index (χ3n) is 0.593. The third kappa shape index (κ3) is 5.00. The van der Waals surface area contributed by atoms with Crippen LogP contribution in [0.15, 0.2) is 16.8 Å². The molecule has 0 atom stereocenters. The van der Waals surface area contributed by atoms with Crippen molar-refractivity contribution in [2.75, 3.05) is 7.11 Å². The van der Waals surface area contributed by atoms with Crippen LogP contribution >= 0.6 is 0 Å². The minimum absolute atomic E-state index is 0.809. The van der Waals surface area contributed by atoms with E-state index in [4.69, 9.17) is 0 Å². The minimum Gasteiger partial charge on any atom is -0.460 e. The van der Waals surface area contributed by atoms with E-state index in [2.05, 4.69) is 9.73 Å². The molecule has 52 valence electrons. The molecule has 0 fully saturated rings. The number of allylic oxidation sites excluding steroid dienone is 1. The zero-order valence-electron chi connectivity index (χ0n) is 5.81. The summed E-state index contributed by atoms with van der Waals surface area (Å²) in [5.41, 5.74) is 0.933. The SMILES string of the molecule is COC(F)=NC=C(C)C. The second-order valence-electron chi connectivity index (χ2n) is 1.79. The van der Waals surface area contributed by atoms with Crippen molar-refractivity contribution < 1.29 is 9.13 Å². The van der Waals surface area contributed by atoms with Crippen molar-refractivity contribution in [2.45, 2.75) is 13.8 Å². The normalized spacial score (nSPS) is 10.9. The van der Waals surface area contributed by atoms with Crippen LogP contribution in [0.1, 0.15) is 13.8 Å². The summed E-state index contributed by atoms with van der Waals surface area (Å²) in [4.78, 5) is 3.31. The summed E-state index contributed by atoms with van der Waals surface area (Å²) in [7, 11) is 1.23. The Kier molecular flexibility index (Phi) is 3.67. The molecule has 0 amide bonds. The van der Waals surface area contributed by atoms with Crippen molar-refractivity contribution in [3.05, 3.63) is 11.8 Å². The van der Waals surface area contributed by atoms with Crippen LogP contribution in [0.2, 0.25) is 0 Å². The first-order chi connectivity index (χ1) is 4.16. The monoisotopic (exact) mass is 131 g/mol. The molecule has 0 saturated heterocycles. The predicted octanol–water partition coefficient (Wildman–Crippen LogP) is 1.88. The number of nitrogens with zero attached hydrogens (tertiary/aromatic N) is 1. The first kappa shape index (κ1) is 8.14. The number of rotatable bonds is 1. The van der Waals surface area contributed by atoms with Gasteiger partial charge in [0.1, 0.15) is 0 Å². The van der Waals surface area contributed by atoms with Gasteiger partial charge in [-0.1, -0.05) is 5.57 Å². The van der Waals surface area contributed by atoms with Gasteiger partial charge in [0.2, 0.25) is 0 Å². The predicted molar refractivity (Wildman–Crippen MR) is 35.0 cm³/mol. The molecule has 0 bridgehead atoms. The third-order valence-corrected chi connectivity index (χ3v) is 0.593. The summed E-state index contributed by atoms with van der Waals surface area (Å²) in [6.45, 7) is 3.65. The fourth-order valence-corrected chi connectivity index (χ4v) is 0.233. The van der Waals surface area contributed by atoms with Crippen molar-refractivity contribution in [1.29, 1.82) is 0 Å². The fourth-order valence-electron chi connectivity index (χ4n) is 0.233. The maximum absolute atomic E-state index is 12.0. The van der Waals surface area contributed by atoms with Gasteiger partial charge in [0.25, 0.3) is 0 Å². The lowest BCUT2D eigenvalue weighted by atomic mass is 10.4. The zero-order valence-corrected chi connectivity index (χ0v) is 5.81. The molecule has 2 nitrogen and oxygen atoms in total. The molecule has 3 heteroatoms. The summed E-state index contributed by atoms with van der Waals surface area (Å²) in [5, 5.41) is 0. The van der Waals surface area contributed by atoms with Gasteiger partial charge in [0.15, 0.2) is 0 Å². The molecule has 0 rings (SSSR count). The van der Waals surface area contributed by atoms with E-state index in [0.29, 0.717) is 0 Å². The fraction of sp³-hybridized carbons (Fsp3) is 0.500. The second kappa shape index (κ2) is 4.06. The molecule has 0 saturated carbocycles. The minimum atomic E-state index is -0.809. The summed E-state index contributed by atoms with van der Waals surface area (Å²) in [6, 6.07) is 0. The van der Waals surface area contributed by atoms with Gasteiger partial charge in [-0.25, -0.2) is 0 Å². The van der Waals surface area contributed by atoms with Gasteiger partial charge in [-0.3, -0.25) is 0 Å². The highest BCUT2D eigenvalue weighted by atomic mass is 19.1. The molecule has 0 aliphatic heterocycles. The molecule has 0 aromatic rings. The van der Waals surface area contributed by atoms with Crippen molar-refractivity contribution in [3.8, 4) is 0 Å². The summed E-state index contributed by atoms with van der Waals surface area (Å²) < 4.78 is 16.1. The first-order valence-electron chi connectivity index (χ1n) is 2.57. The molecule has 0 spiro atoms. The quantitative estimate of drug-likeness (QED) is 0.393. The molecule has 9 heavy (non-hydrogen) atoms. The lowest BCUT2D eigenvalue weighted by Crippen LogP contribution is -1.88. The summed E-state index contributed by atoms with van der Waals surface area (Å²) in [6.07, 6.45) is 0.593. The number of halogens is 1. The van der Waals surface area contributed by atoms with Crippen molar-refractivity contribution >= 4 is 6.15 Å². The Bertz CT molecular complexity index is 136. The molecule has 0 aliphatic rings. The van der Waals surface area contributed by atoms with Crippen molar-refractivity contribution in [2.24, 2.45) is 4.99 Å². The molecule has 0 aromatic carbocycles. The standard InChI is InChI=1S/C6H10FNO/c1-5(2)4-8-6(7)9-3/h4H,1-3H3. The summed E-state index contributed by atoms with van der Waals surface area (Å²) in [5.74, 6) is 0. The molecule has 0 heterocycles. The van der Waals surface area contributed by atoms with E-state index in [0.717, 1.165) is 5.57 Å². The van der Waals surface area contributed by atoms with Crippen LogP contribution in [0.3, 0.4) is 0 Å². The Morgan fingerprint density at radius 1 is 1.56 bits per heavy atom. The number of aliphatic imine (C=N–C) groups is 1. The van der Waals surface area contributed by atoms with Crippen LogP contribution in [0.5, 0.6) is 0 Å². The highest BCUT2D eigenvalue weighted by molar-refractivity contribution is 5.65. The first-order valence-corrected chi connectivity index (χ1v) is 2.57. The molecular formula is C6H10FNO. The van der Waals surface area contributed by atoms with Gasteiger partial charge in [0, 0.05) is 6.20 Å². The van der Waals surface area contributed by atoms with Crippen LogP contribution in [-0.2, 0) is 4.74 Å². The smallest absolute Gasteiger partial charge is 0.375 e. The largest absolute Gasteiger partial charge is 0.460 e. The molecule has 0 aromatic heterocycles. The van der Waals surface area contributed by atoms with Crippen LogP contribution < -0.4 is 0 Å². The molecule has 0 radical (unpaired) electrons. The molecule has 0 unspecified atom stereocenters. The molecule has 0 aliphatic carbocycles. The number of methoxy groups -OCH3 is 1. The van der Waals surface area contributed by atoms with Gasteiger partial charge >= 0.3 is 6.15 Å². The van der Waals surface area contributed by atoms with E-state index in [-0.39, 0.29) is 0 Å². The van der Waals surface area contributed by atoms with Crippen LogP contribution in [0.25, 0.3) is 0 Å². The van der Waals surface area contributed by atoms with Crippen LogP contribution in [-0.4, -0.2) is 13.3 Å². The molecule has 0 N–H and O–H groups in total. The van der Waals surface area contributed by atoms with Crippen molar-refractivity contribution in [3.63, 3.8) is 0 Å². The lowest BCUT2D eigenvalue weighted by molar-refractivity contribution is 0.345. The van der Waals surface area contributed by atoms with E-state index >= 15 is 0 Å².